The van der Waals surface area contributed by atoms with Crippen LogP contribution in [0.2, 0.25) is 0 Å². The van der Waals surface area contributed by atoms with Gasteiger partial charge in [0.25, 0.3) is 5.91 Å². The molecule has 0 aliphatic heterocycles. The Morgan fingerprint density at radius 3 is 2.55 bits per heavy atom. The molecule has 2 aromatic carbocycles. The number of nitrogens with zero attached hydrogens (tertiary/aromatic N) is 2. The van der Waals surface area contributed by atoms with Crippen LogP contribution >= 0.6 is 0 Å². The molecule has 3 aromatic rings. The van der Waals surface area contributed by atoms with Crippen LogP contribution in [0.15, 0.2) is 47.0 Å². The van der Waals surface area contributed by atoms with Gasteiger partial charge in [-0.2, -0.15) is 0 Å². The minimum atomic E-state index is -0.338. The van der Waals surface area contributed by atoms with Crippen molar-refractivity contribution in [1.82, 2.24) is 10.1 Å². The van der Waals surface area contributed by atoms with E-state index < -0.39 is 0 Å². The van der Waals surface area contributed by atoms with Crippen LogP contribution < -0.4 is 9.47 Å². The second kappa shape index (κ2) is 9.81. The van der Waals surface area contributed by atoms with Crippen LogP contribution in [0.5, 0.6) is 11.5 Å². The SMILES string of the molecule is C#CCN(Cc1ccc(F)cc1)C(=O)c1ccc(OCc2c(C)noc2C)c(OC)c1. The number of aromatic nitrogens is 1. The summed E-state index contributed by atoms with van der Waals surface area (Å²) in [7, 11) is 1.50. The predicted octanol–water partition coefficient (Wildman–Crippen LogP) is 4.29. The molecule has 1 amide bonds. The molecule has 0 radical (unpaired) electrons. The minimum absolute atomic E-state index is 0.114. The molecule has 31 heavy (non-hydrogen) atoms. The van der Waals surface area contributed by atoms with E-state index in [1.54, 1.807) is 30.3 Å². The molecule has 0 aliphatic carbocycles. The lowest BCUT2D eigenvalue weighted by Crippen LogP contribution is -2.31. The summed E-state index contributed by atoms with van der Waals surface area (Å²) in [5, 5.41) is 3.91. The van der Waals surface area contributed by atoms with E-state index >= 15 is 0 Å². The third kappa shape index (κ3) is 5.23. The fraction of sp³-hybridized carbons (Fsp3) is 0.250. The Kier molecular flexibility index (Phi) is 6.93. The van der Waals surface area contributed by atoms with Crippen LogP contribution in [0.1, 0.15) is 32.9 Å². The van der Waals surface area contributed by atoms with Crippen LogP contribution in [-0.2, 0) is 13.2 Å². The van der Waals surface area contributed by atoms with Crippen molar-refractivity contribution in [1.29, 1.82) is 0 Å². The zero-order valence-corrected chi connectivity index (χ0v) is 17.6. The van der Waals surface area contributed by atoms with Crippen molar-refractivity contribution in [2.75, 3.05) is 13.7 Å². The van der Waals surface area contributed by atoms with Crippen molar-refractivity contribution in [2.45, 2.75) is 27.0 Å². The Labute approximate surface area is 180 Å². The van der Waals surface area contributed by atoms with Gasteiger partial charge in [-0.05, 0) is 49.7 Å². The standard InChI is InChI=1S/C24H23FN2O4/c1-5-12-27(14-18-6-9-20(25)10-7-18)24(28)19-8-11-22(23(13-19)29-4)30-15-21-16(2)26-31-17(21)3/h1,6-11,13H,12,14-15H2,2-4H3. The number of amides is 1. The van der Waals surface area contributed by atoms with Crippen molar-refractivity contribution in [3.63, 3.8) is 0 Å². The zero-order valence-electron chi connectivity index (χ0n) is 17.6. The highest BCUT2D eigenvalue weighted by Crippen LogP contribution is 2.30. The molecule has 0 N–H and O–H groups in total. The molecule has 1 aromatic heterocycles. The molecule has 7 heteroatoms. The number of aryl methyl sites for hydroxylation is 2. The first-order valence-corrected chi connectivity index (χ1v) is 9.62. The fourth-order valence-corrected chi connectivity index (χ4v) is 3.08. The summed E-state index contributed by atoms with van der Waals surface area (Å²) in [6.45, 7) is 4.30. The number of carbonyl (C=O) groups excluding carboxylic acids is 1. The molecule has 0 saturated carbocycles. The number of carbonyl (C=O) groups is 1. The molecule has 3 rings (SSSR count). The summed E-state index contributed by atoms with van der Waals surface area (Å²) < 4.78 is 29.6. The van der Waals surface area contributed by atoms with Gasteiger partial charge in [0.1, 0.15) is 18.2 Å². The summed E-state index contributed by atoms with van der Waals surface area (Å²) in [6.07, 6.45) is 5.45. The highest BCUT2D eigenvalue weighted by molar-refractivity contribution is 5.95. The maximum atomic E-state index is 13.2. The van der Waals surface area contributed by atoms with E-state index in [1.807, 2.05) is 13.8 Å². The van der Waals surface area contributed by atoms with E-state index in [0.29, 0.717) is 22.8 Å². The molecular weight excluding hydrogens is 399 g/mol. The third-order valence-corrected chi connectivity index (χ3v) is 4.82. The summed E-state index contributed by atoms with van der Waals surface area (Å²) >= 11 is 0. The molecule has 0 saturated heterocycles. The van der Waals surface area contributed by atoms with E-state index in [1.165, 1.54) is 24.1 Å². The number of benzene rings is 2. The number of hydrogen-bond donors (Lipinski definition) is 0. The van der Waals surface area contributed by atoms with Crippen LogP contribution in [0, 0.1) is 32.0 Å². The lowest BCUT2D eigenvalue weighted by molar-refractivity contribution is 0.0765. The normalized spacial score (nSPS) is 10.4. The monoisotopic (exact) mass is 422 g/mol. The van der Waals surface area contributed by atoms with E-state index in [2.05, 4.69) is 11.1 Å². The quantitative estimate of drug-likeness (QED) is 0.507. The molecular formula is C24H23FN2O4. The topological polar surface area (TPSA) is 64.8 Å². The maximum Gasteiger partial charge on any atom is 0.255 e. The second-order valence-corrected chi connectivity index (χ2v) is 6.95. The van der Waals surface area contributed by atoms with Gasteiger partial charge in [-0.3, -0.25) is 4.79 Å². The maximum absolute atomic E-state index is 13.2. The van der Waals surface area contributed by atoms with Gasteiger partial charge in [0.15, 0.2) is 11.5 Å². The molecule has 6 nitrogen and oxygen atoms in total. The van der Waals surface area contributed by atoms with Crippen molar-refractivity contribution in [2.24, 2.45) is 0 Å². The van der Waals surface area contributed by atoms with Crippen molar-refractivity contribution in [3.8, 4) is 23.8 Å². The van der Waals surface area contributed by atoms with Gasteiger partial charge >= 0.3 is 0 Å². The second-order valence-electron chi connectivity index (χ2n) is 6.95. The summed E-state index contributed by atoms with van der Waals surface area (Å²) in [6, 6.07) is 10.9. The van der Waals surface area contributed by atoms with Gasteiger partial charge in [0.2, 0.25) is 0 Å². The third-order valence-electron chi connectivity index (χ3n) is 4.82. The lowest BCUT2D eigenvalue weighted by atomic mass is 10.1. The molecule has 0 unspecified atom stereocenters. The van der Waals surface area contributed by atoms with E-state index in [-0.39, 0.29) is 31.4 Å². The summed E-state index contributed by atoms with van der Waals surface area (Å²) in [4.78, 5) is 14.6. The molecule has 0 atom stereocenters. The molecule has 0 fully saturated rings. The Balaban J connectivity index is 1.78. The number of ether oxygens (including phenoxy) is 2. The zero-order chi connectivity index (χ0) is 22.4. The Morgan fingerprint density at radius 1 is 1.19 bits per heavy atom. The van der Waals surface area contributed by atoms with Crippen molar-refractivity contribution < 1.29 is 23.2 Å². The first-order chi connectivity index (χ1) is 14.9. The van der Waals surface area contributed by atoms with Crippen LogP contribution in [0.4, 0.5) is 4.39 Å². The first-order valence-electron chi connectivity index (χ1n) is 9.62. The molecule has 0 bridgehead atoms. The molecule has 1 heterocycles. The smallest absolute Gasteiger partial charge is 0.255 e. The van der Waals surface area contributed by atoms with E-state index in [9.17, 15) is 9.18 Å². The van der Waals surface area contributed by atoms with Crippen molar-refractivity contribution >= 4 is 5.91 Å². The largest absolute Gasteiger partial charge is 0.493 e. The predicted molar refractivity (Wildman–Crippen MR) is 113 cm³/mol. The van der Waals surface area contributed by atoms with Crippen LogP contribution in [-0.4, -0.2) is 29.6 Å². The number of methoxy groups -OCH3 is 1. The minimum Gasteiger partial charge on any atom is -0.493 e. The van der Waals surface area contributed by atoms with E-state index in [0.717, 1.165) is 16.8 Å². The van der Waals surface area contributed by atoms with Gasteiger partial charge in [0, 0.05) is 12.1 Å². The Hall–Kier alpha value is -3.79. The van der Waals surface area contributed by atoms with Crippen LogP contribution in [0.3, 0.4) is 0 Å². The number of hydrogen-bond acceptors (Lipinski definition) is 5. The van der Waals surface area contributed by atoms with Gasteiger partial charge in [-0.1, -0.05) is 23.2 Å². The fourth-order valence-electron chi connectivity index (χ4n) is 3.08. The molecule has 0 spiro atoms. The highest BCUT2D eigenvalue weighted by atomic mass is 19.1. The summed E-state index contributed by atoms with van der Waals surface area (Å²) in [5.41, 5.74) is 2.80. The van der Waals surface area contributed by atoms with Gasteiger partial charge < -0.3 is 18.9 Å². The lowest BCUT2D eigenvalue weighted by Gasteiger charge is -2.21. The van der Waals surface area contributed by atoms with Crippen LogP contribution in [0.25, 0.3) is 0 Å². The van der Waals surface area contributed by atoms with Gasteiger partial charge in [0.05, 0.1) is 24.9 Å². The first kappa shape index (κ1) is 21.9. The average Bonchev–Trinajstić information content (AvgIpc) is 3.10. The Morgan fingerprint density at radius 2 is 1.94 bits per heavy atom. The van der Waals surface area contributed by atoms with Crippen molar-refractivity contribution in [3.05, 3.63) is 76.4 Å². The average molecular weight is 422 g/mol. The molecule has 160 valence electrons. The van der Waals surface area contributed by atoms with E-state index in [4.69, 9.17) is 20.4 Å². The Bertz CT molecular complexity index is 1080. The number of rotatable bonds is 8. The highest BCUT2D eigenvalue weighted by Gasteiger charge is 2.19. The van der Waals surface area contributed by atoms with Gasteiger partial charge in [-0.15, -0.1) is 6.42 Å². The molecule has 0 aliphatic rings. The summed E-state index contributed by atoms with van der Waals surface area (Å²) in [5.74, 6) is 3.49. The number of halogens is 1. The number of terminal acetylenes is 1. The van der Waals surface area contributed by atoms with Gasteiger partial charge in [-0.25, -0.2) is 4.39 Å².